The van der Waals surface area contributed by atoms with E-state index in [0.29, 0.717) is 12.5 Å². The zero-order valence-electron chi connectivity index (χ0n) is 13.1. The minimum atomic E-state index is -4.70. The topological polar surface area (TPSA) is 72.8 Å². The summed E-state index contributed by atoms with van der Waals surface area (Å²) >= 11 is 6.80. The van der Waals surface area contributed by atoms with E-state index in [0.717, 1.165) is 24.7 Å². The summed E-state index contributed by atoms with van der Waals surface area (Å²) in [4.78, 5) is 16.3. The highest BCUT2D eigenvalue weighted by Gasteiger charge is 2.70. The molecule has 1 aromatic rings. The van der Waals surface area contributed by atoms with E-state index < -0.39 is 42.3 Å². The molecule has 1 saturated carbocycles. The smallest absolute Gasteiger partial charge is 0.386 e. The highest BCUT2D eigenvalue weighted by atomic mass is 79.9. The number of rotatable bonds is 4. The number of hydrogen-bond acceptors (Lipinski definition) is 5. The van der Waals surface area contributed by atoms with Crippen LogP contribution in [0.5, 0.6) is 0 Å². The number of carbonyl (C=O) groups is 1. The molecule has 4 unspecified atom stereocenters. The van der Waals surface area contributed by atoms with Gasteiger partial charge in [-0.05, 0) is 18.6 Å². The van der Waals surface area contributed by atoms with Gasteiger partial charge in [0.05, 0.1) is 22.1 Å². The average molecular weight is 519 g/mol. The molecular weight excluding hydrogens is 507 g/mol. The van der Waals surface area contributed by atoms with E-state index in [4.69, 9.17) is 4.84 Å². The predicted molar refractivity (Wildman–Crippen MR) is 94.4 cm³/mol. The van der Waals surface area contributed by atoms with Crippen molar-refractivity contribution in [2.75, 3.05) is 6.26 Å². The SMILES string of the molecule is CS(=O)(=O)c1cc(C(F)(F)F)ccc1C1ON=CC1(Br)C1(C=O)CC1Br. The normalized spacial score (nSPS) is 33.8. The first-order valence-corrected chi connectivity index (χ1v) is 10.9. The van der Waals surface area contributed by atoms with Crippen molar-refractivity contribution in [3.8, 4) is 0 Å². The number of nitrogens with zero attached hydrogens (tertiary/aromatic N) is 1. The minimum Gasteiger partial charge on any atom is -0.386 e. The second kappa shape index (κ2) is 6.03. The van der Waals surface area contributed by atoms with Crippen molar-refractivity contribution in [3.63, 3.8) is 0 Å². The van der Waals surface area contributed by atoms with Crippen molar-refractivity contribution in [1.29, 1.82) is 0 Å². The van der Waals surface area contributed by atoms with Crippen molar-refractivity contribution in [2.45, 2.75) is 32.7 Å². The number of carbonyl (C=O) groups excluding carboxylic acids is 1. The van der Waals surface area contributed by atoms with E-state index in [-0.39, 0.29) is 10.4 Å². The van der Waals surface area contributed by atoms with Crippen molar-refractivity contribution in [3.05, 3.63) is 29.3 Å². The fraction of sp³-hybridized carbons (Fsp3) is 0.467. The first-order valence-electron chi connectivity index (χ1n) is 7.28. The monoisotopic (exact) mass is 517 g/mol. The molecule has 0 spiro atoms. The zero-order chi connectivity index (χ0) is 19.5. The maximum absolute atomic E-state index is 13.0. The zero-order valence-corrected chi connectivity index (χ0v) is 17.1. The van der Waals surface area contributed by atoms with E-state index >= 15 is 0 Å². The molecule has 26 heavy (non-hydrogen) atoms. The molecule has 1 aromatic carbocycles. The third kappa shape index (κ3) is 2.91. The van der Waals surface area contributed by atoms with Crippen LogP contribution in [0.2, 0.25) is 0 Å². The molecule has 1 fully saturated rings. The predicted octanol–water partition coefficient (Wildman–Crippen LogP) is 3.65. The van der Waals surface area contributed by atoms with Crippen LogP contribution in [-0.2, 0) is 25.6 Å². The molecule has 3 rings (SSSR count). The van der Waals surface area contributed by atoms with Gasteiger partial charge in [-0.3, -0.25) is 0 Å². The van der Waals surface area contributed by atoms with Gasteiger partial charge >= 0.3 is 6.18 Å². The largest absolute Gasteiger partial charge is 0.416 e. The lowest BCUT2D eigenvalue weighted by molar-refractivity contribution is -0.137. The Morgan fingerprint density at radius 1 is 1.38 bits per heavy atom. The van der Waals surface area contributed by atoms with E-state index in [9.17, 15) is 26.4 Å². The van der Waals surface area contributed by atoms with Gasteiger partial charge in [-0.15, -0.1) is 0 Å². The summed E-state index contributed by atoms with van der Waals surface area (Å²) in [5.41, 5.74) is -2.03. The molecular formula is C15H12Br2F3NO4S. The third-order valence-corrected chi connectivity index (χ3v) is 8.30. The van der Waals surface area contributed by atoms with Crippen LogP contribution < -0.4 is 0 Å². The molecule has 0 bridgehead atoms. The second-order valence-electron chi connectivity index (χ2n) is 6.34. The minimum absolute atomic E-state index is 0.00250. The first-order chi connectivity index (χ1) is 11.9. The van der Waals surface area contributed by atoms with Gasteiger partial charge in [0.15, 0.2) is 15.9 Å². The van der Waals surface area contributed by atoms with E-state index in [1.165, 1.54) is 6.21 Å². The highest BCUT2D eigenvalue weighted by Crippen LogP contribution is 2.65. The molecule has 2 aliphatic rings. The van der Waals surface area contributed by atoms with Crippen molar-refractivity contribution < 1.29 is 31.2 Å². The summed E-state index contributed by atoms with van der Waals surface area (Å²) in [6, 6.07) is 2.41. The number of oxime groups is 1. The number of alkyl halides is 5. The molecule has 0 saturated heterocycles. The molecule has 1 heterocycles. The van der Waals surface area contributed by atoms with Gasteiger partial charge in [-0.2, -0.15) is 13.2 Å². The number of halogens is 5. The summed E-state index contributed by atoms with van der Waals surface area (Å²) in [7, 11) is -4.01. The molecule has 4 atom stereocenters. The van der Waals surface area contributed by atoms with Crippen LogP contribution in [-0.4, -0.2) is 36.3 Å². The molecule has 1 aliphatic carbocycles. The highest BCUT2D eigenvalue weighted by molar-refractivity contribution is 9.10. The lowest BCUT2D eigenvalue weighted by Gasteiger charge is -2.32. The average Bonchev–Trinajstić information content (AvgIpc) is 3.05. The van der Waals surface area contributed by atoms with Crippen LogP contribution in [0.15, 0.2) is 28.3 Å². The summed E-state index contributed by atoms with van der Waals surface area (Å²) in [6.07, 6.45) is -2.45. The van der Waals surface area contributed by atoms with Crippen LogP contribution >= 0.6 is 31.9 Å². The Balaban J connectivity index is 2.17. The summed E-state index contributed by atoms with van der Waals surface area (Å²) in [6.45, 7) is 0. The summed E-state index contributed by atoms with van der Waals surface area (Å²) in [5, 5.41) is 3.71. The molecule has 5 nitrogen and oxygen atoms in total. The molecule has 11 heteroatoms. The van der Waals surface area contributed by atoms with Crippen LogP contribution in [0.3, 0.4) is 0 Å². The fourth-order valence-electron chi connectivity index (χ4n) is 3.05. The number of benzene rings is 1. The van der Waals surface area contributed by atoms with Gasteiger partial charge in [0.1, 0.15) is 10.6 Å². The van der Waals surface area contributed by atoms with Crippen molar-refractivity contribution in [2.24, 2.45) is 10.6 Å². The standard InChI is InChI=1S/C15H12Br2F3NO4S/c1-26(23,24)10-4-8(15(18,19)20)2-3-9(10)12-14(17,6-21-25-12)13(7-22)5-11(13)16/h2-4,6-7,11-12H,5H2,1H3. The van der Waals surface area contributed by atoms with Crippen LogP contribution in [0.4, 0.5) is 13.2 Å². The van der Waals surface area contributed by atoms with E-state index in [2.05, 4.69) is 37.0 Å². The van der Waals surface area contributed by atoms with Gasteiger partial charge in [0, 0.05) is 16.6 Å². The van der Waals surface area contributed by atoms with Crippen LogP contribution in [0, 0.1) is 5.41 Å². The summed E-state index contributed by atoms with van der Waals surface area (Å²) in [5.74, 6) is 0. The molecule has 0 radical (unpaired) electrons. The maximum atomic E-state index is 13.0. The molecule has 0 amide bonds. The van der Waals surface area contributed by atoms with Gasteiger partial charge < -0.3 is 9.63 Å². The van der Waals surface area contributed by atoms with E-state index in [1.807, 2.05) is 0 Å². The van der Waals surface area contributed by atoms with Gasteiger partial charge in [0.25, 0.3) is 0 Å². The van der Waals surface area contributed by atoms with Crippen LogP contribution in [0.25, 0.3) is 0 Å². The lowest BCUT2D eigenvalue weighted by atomic mass is 9.83. The van der Waals surface area contributed by atoms with Gasteiger partial charge in [-0.25, -0.2) is 8.42 Å². The molecule has 1 aliphatic heterocycles. The Bertz CT molecular complexity index is 905. The Labute approximate surface area is 164 Å². The van der Waals surface area contributed by atoms with Crippen molar-refractivity contribution >= 4 is 54.2 Å². The Kier molecular flexibility index (Phi) is 4.60. The Morgan fingerprint density at radius 3 is 2.46 bits per heavy atom. The van der Waals surface area contributed by atoms with Crippen LogP contribution in [0.1, 0.15) is 23.7 Å². The van der Waals surface area contributed by atoms with Gasteiger partial charge in [-0.1, -0.05) is 43.1 Å². The molecule has 0 aromatic heterocycles. The lowest BCUT2D eigenvalue weighted by Crippen LogP contribution is -2.41. The van der Waals surface area contributed by atoms with E-state index in [1.54, 1.807) is 0 Å². The number of sulfone groups is 1. The van der Waals surface area contributed by atoms with Gasteiger partial charge in [0.2, 0.25) is 0 Å². The molecule has 142 valence electrons. The fourth-order valence-corrected chi connectivity index (χ4v) is 6.27. The van der Waals surface area contributed by atoms with Crippen molar-refractivity contribution in [1.82, 2.24) is 0 Å². The summed E-state index contributed by atoms with van der Waals surface area (Å²) < 4.78 is 62.1. The quantitative estimate of drug-likeness (QED) is 0.450. The number of aldehydes is 1. The maximum Gasteiger partial charge on any atom is 0.416 e. The first kappa shape index (κ1) is 19.8. The second-order valence-corrected chi connectivity index (χ2v) is 10.7. The number of hydrogen-bond donors (Lipinski definition) is 0. The Morgan fingerprint density at radius 2 is 2.00 bits per heavy atom. The molecule has 0 N–H and O–H groups in total. The Hall–Kier alpha value is -0.940. The third-order valence-electron chi connectivity index (χ3n) is 4.65.